The summed E-state index contributed by atoms with van der Waals surface area (Å²) in [6.07, 6.45) is 7.50. The number of benzene rings is 1. The molecule has 0 aliphatic carbocycles. The molecule has 0 radical (unpaired) electrons. The number of hydrogen-bond donors (Lipinski definition) is 2. The fraction of sp³-hybridized carbons (Fsp3) is 0.250. The number of aliphatic hydroxyl groups excluding tert-OH is 1. The van der Waals surface area contributed by atoms with Crippen molar-refractivity contribution in [2.75, 3.05) is 0 Å². The Kier molecular flexibility index (Phi) is 4.92. The molecule has 4 rings (SSSR count). The molecule has 0 saturated carbocycles. The lowest BCUT2D eigenvalue weighted by molar-refractivity contribution is 0.164. The van der Waals surface area contributed by atoms with Gasteiger partial charge in [-0.15, -0.1) is 0 Å². The van der Waals surface area contributed by atoms with E-state index in [1.54, 1.807) is 6.20 Å². The highest BCUT2D eigenvalue weighted by Gasteiger charge is 2.12. The summed E-state index contributed by atoms with van der Waals surface area (Å²) in [5.41, 5.74) is 3.40. The summed E-state index contributed by atoms with van der Waals surface area (Å²) in [6.45, 7) is 2.12. The second kappa shape index (κ2) is 7.50. The minimum Gasteiger partial charge on any atom is -0.388 e. The van der Waals surface area contributed by atoms with Crippen molar-refractivity contribution in [1.29, 1.82) is 0 Å². The van der Waals surface area contributed by atoms with Gasteiger partial charge in [0.15, 0.2) is 5.82 Å². The van der Waals surface area contributed by atoms with Crippen LogP contribution in [0.15, 0.2) is 49.1 Å². The molecule has 27 heavy (non-hydrogen) atoms. The smallest absolute Gasteiger partial charge is 0.155 e. The Morgan fingerprint density at radius 2 is 2.11 bits per heavy atom. The van der Waals surface area contributed by atoms with Gasteiger partial charge in [-0.1, -0.05) is 31.4 Å². The topological polar surface area (TPSA) is 79.6 Å². The average Bonchev–Trinajstić information content (AvgIpc) is 3.34. The summed E-state index contributed by atoms with van der Waals surface area (Å²) >= 11 is 6.32. The average molecular weight is 382 g/mol. The van der Waals surface area contributed by atoms with E-state index in [0.29, 0.717) is 10.8 Å². The SMILES string of the molecule is CCCC[C@H](O)c1cnc2c(ccn2-c2cc(Cl)cc(-c3ncn[nH]3)c2)c1. The van der Waals surface area contributed by atoms with Crippen molar-refractivity contribution in [3.8, 4) is 17.1 Å². The third-order valence-electron chi connectivity index (χ3n) is 4.61. The number of aromatic nitrogens is 5. The van der Waals surface area contributed by atoms with Crippen molar-refractivity contribution in [1.82, 2.24) is 24.7 Å². The second-order valence-electron chi connectivity index (χ2n) is 6.56. The first kappa shape index (κ1) is 17.7. The Morgan fingerprint density at radius 3 is 2.89 bits per heavy atom. The largest absolute Gasteiger partial charge is 0.388 e. The first-order valence-corrected chi connectivity index (χ1v) is 9.35. The van der Waals surface area contributed by atoms with Crippen LogP contribution in [0.4, 0.5) is 0 Å². The predicted octanol–water partition coefficient (Wildman–Crippen LogP) is 4.69. The molecule has 0 fully saturated rings. The standard InChI is InChI=1S/C20H20ClN5O/c1-2-3-4-18(27)15-7-13-5-6-26(20(13)22-11-15)17-9-14(8-16(21)10-17)19-23-12-24-25-19/h5-12,18,27H,2-4H2,1H3,(H,23,24,25)/t18-/m0/s1. The zero-order valence-corrected chi connectivity index (χ0v) is 15.7. The lowest BCUT2D eigenvalue weighted by Gasteiger charge is -2.11. The summed E-state index contributed by atoms with van der Waals surface area (Å²) < 4.78 is 1.98. The van der Waals surface area contributed by atoms with E-state index >= 15 is 0 Å². The van der Waals surface area contributed by atoms with Gasteiger partial charge in [0.25, 0.3) is 0 Å². The van der Waals surface area contributed by atoms with Gasteiger partial charge in [-0.2, -0.15) is 5.10 Å². The summed E-state index contributed by atoms with van der Waals surface area (Å²) in [5, 5.41) is 18.7. The van der Waals surface area contributed by atoms with Crippen molar-refractivity contribution in [2.45, 2.75) is 32.3 Å². The summed E-state index contributed by atoms with van der Waals surface area (Å²) in [4.78, 5) is 8.78. The minimum atomic E-state index is -0.477. The summed E-state index contributed by atoms with van der Waals surface area (Å²) in [7, 11) is 0. The van der Waals surface area contributed by atoms with E-state index in [1.807, 2.05) is 41.1 Å². The molecule has 3 aromatic heterocycles. The van der Waals surface area contributed by atoms with Gasteiger partial charge in [-0.3, -0.25) is 5.10 Å². The molecule has 6 nitrogen and oxygen atoms in total. The zero-order chi connectivity index (χ0) is 18.8. The molecule has 2 N–H and O–H groups in total. The maximum Gasteiger partial charge on any atom is 0.155 e. The molecule has 0 amide bonds. The van der Waals surface area contributed by atoms with Gasteiger partial charge in [-0.25, -0.2) is 9.97 Å². The molecule has 138 valence electrons. The highest BCUT2D eigenvalue weighted by Crippen LogP contribution is 2.28. The third kappa shape index (κ3) is 3.59. The summed E-state index contributed by atoms with van der Waals surface area (Å²) in [5.74, 6) is 0.657. The van der Waals surface area contributed by atoms with E-state index < -0.39 is 6.10 Å². The number of aliphatic hydroxyl groups is 1. The molecular formula is C20H20ClN5O. The maximum absolute atomic E-state index is 10.3. The Morgan fingerprint density at radius 1 is 1.22 bits per heavy atom. The van der Waals surface area contributed by atoms with E-state index in [0.717, 1.165) is 47.1 Å². The number of aromatic amines is 1. The van der Waals surface area contributed by atoms with Crippen LogP contribution in [0.5, 0.6) is 0 Å². The molecule has 7 heteroatoms. The van der Waals surface area contributed by atoms with Crippen LogP contribution in [0.1, 0.15) is 37.9 Å². The Bertz CT molecular complexity index is 1060. The van der Waals surface area contributed by atoms with Gasteiger partial charge in [0.1, 0.15) is 12.0 Å². The number of halogens is 1. The van der Waals surface area contributed by atoms with Gasteiger partial charge in [-0.05, 0) is 42.3 Å². The lowest BCUT2D eigenvalue weighted by atomic mass is 10.1. The van der Waals surface area contributed by atoms with Gasteiger partial charge >= 0.3 is 0 Å². The summed E-state index contributed by atoms with van der Waals surface area (Å²) in [6, 6.07) is 9.70. The fourth-order valence-corrected chi connectivity index (χ4v) is 3.42. The van der Waals surface area contributed by atoms with Crippen molar-refractivity contribution in [2.24, 2.45) is 0 Å². The van der Waals surface area contributed by atoms with Crippen LogP contribution in [0.3, 0.4) is 0 Å². The molecule has 1 atom stereocenters. The van der Waals surface area contributed by atoms with E-state index in [4.69, 9.17) is 11.6 Å². The first-order chi connectivity index (χ1) is 13.2. The number of unbranched alkanes of at least 4 members (excludes halogenated alkanes) is 1. The molecule has 0 spiro atoms. The fourth-order valence-electron chi connectivity index (χ4n) is 3.19. The van der Waals surface area contributed by atoms with Gasteiger partial charge in [0.2, 0.25) is 0 Å². The van der Waals surface area contributed by atoms with Crippen LogP contribution in [0, 0.1) is 0 Å². The number of fused-ring (bicyclic) bond motifs is 1. The highest BCUT2D eigenvalue weighted by atomic mass is 35.5. The normalized spacial score (nSPS) is 12.6. The van der Waals surface area contributed by atoms with Crippen LogP contribution in [0.25, 0.3) is 28.1 Å². The molecule has 4 aromatic rings. The van der Waals surface area contributed by atoms with Gasteiger partial charge in [0.05, 0.1) is 6.10 Å². The Labute approximate surface area is 161 Å². The van der Waals surface area contributed by atoms with E-state index in [2.05, 4.69) is 27.1 Å². The molecule has 3 heterocycles. The third-order valence-corrected chi connectivity index (χ3v) is 4.83. The monoisotopic (exact) mass is 381 g/mol. The highest BCUT2D eigenvalue weighted by molar-refractivity contribution is 6.31. The number of nitrogens with zero attached hydrogens (tertiary/aromatic N) is 4. The van der Waals surface area contributed by atoms with E-state index in [9.17, 15) is 5.11 Å². The van der Waals surface area contributed by atoms with Crippen LogP contribution in [0.2, 0.25) is 5.02 Å². The minimum absolute atomic E-state index is 0.477. The lowest BCUT2D eigenvalue weighted by Crippen LogP contribution is -2.00. The van der Waals surface area contributed by atoms with Crippen molar-refractivity contribution < 1.29 is 5.11 Å². The van der Waals surface area contributed by atoms with Crippen molar-refractivity contribution >= 4 is 22.6 Å². The van der Waals surface area contributed by atoms with Gasteiger partial charge < -0.3 is 9.67 Å². The number of rotatable bonds is 6. The molecule has 0 unspecified atom stereocenters. The van der Waals surface area contributed by atoms with Crippen molar-refractivity contribution in [3.05, 3.63) is 59.6 Å². The number of hydrogen-bond acceptors (Lipinski definition) is 4. The quantitative estimate of drug-likeness (QED) is 0.508. The predicted molar refractivity (Wildman–Crippen MR) is 106 cm³/mol. The van der Waals surface area contributed by atoms with Crippen LogP contribution in [-0.4, -0.2) is 29.8 Å². The van der Waals surface area contributed by atoms with Crippen LogP contribution >= 0.6 is 11.6 Å². The van der Waals surface area contributed by atoms with Gasteiger partial charge in [0, 0.05) is 34.1 Å². The maximum atomic E-state index is 10.3. The first-order valence-electron chi connectivity index (χ1n) is 8.97. The molecule has 0 aliphatic rings. The Hall–Kier alpha value is -2.70. The molecule has 0 aliphatic heterocycles. The number of nitrogens with one attached hydrogen (secondary N) is 1. The number of H-pyrrole nitrogens is 1. The molecule has 0 saturated heterocycles. The second-order valence-corrected chi connectivity index (χ2v) is 6.99. The molecular weight excluding hydrogens is 362 g/mol. The number of pyridine rings is 1. The van der Waals surface area contributed by atoms with E-state index in [-0.39, 0.29) is 0 Å². The van der Waals surface area contributed by atoms with Crippen molar-refractivity contribution in [3.63, 3.8) is 0 Å². The molecule has 0 bridgehead atoms. The Balaban J connectivity index is 1.72. The van der Waals surface area contributed by atoms with Crippen LogP contribution < -0.4 is 0 Å². The van der Waals surface area contributed by atoms with E-state index in [1.165, 1.54) is 6.33 Å². The van der Waals surface area contributed by atoms with Crippen LogP contribution in [-0.2, 0) is 0 Å². The molecule has 1 aromatic carbocycles. The zero-order valence-electron chi connectivity index (χ0n) is 14.9.